The molecule has 4 heteroatoms. The van der Waals surface area contributed by atoms with Gasteiger partial charge in [-0.25, -0.2) is 5.48 Å². The van der Waals surface area contributed by atoms with Gasteiger partial charge in [0.1, 0.15) is 0 Å². The topological polar surface area (TPSA) is 33.3 Å². The predicted octanol–water partition coefficient (Wildman–Crippen LogP) is 0.815. The number of hydrogen-bond acceptors (Lipinski definition) is 3. The summed E-state index contributed by atoms with van der Waals surface area (Å²) >= 11 is 3.24. The van der Waals surface area contributed by atoms with Gasteiger partial charge in [-0.1, -0.05) is 6.92 Å². The molecule has 0 amide bonds. The van der Waals surface area contributed by atoms with Gasteiger partial charge in [0, 0.05) is 7.05 Å². The van der Waals surface area contributed by atoms with E-state index < -0.39 is 0 Å². The van der Waals surface area contributed by atoms with Crippen LogP contribution in [0.2, 0.25) is 0 Å². The zero-order valence-corrected chi connectivity index (χ0v) is 7.36. The molecule has 0 heterocycles. The molecule has 0 spiro atoms. The maximum atomic E-state index is 4.90. The molecule has 9 heavy (non-hydrogen) atoms. The molecule has 3 nitrogen and oxygen atoms in total. The molecule has 0 bridgehead atoms. The third-order valence-electron chi connectivity index (χ3n) is 0.776. The van der Waals surface area contributed by atoms with Crippen LogP contribution in [0, 0.1) is 0 Å². The highest BCUT2D eigenvalue weighted by atomic mass is 79.9. The number of hydrogen-bond donors (Lipinski definition) is 2. The summed E-state index contributed by atoms with van der Waals surface area (Å²) < 4.78 is 0. The minimum Gasteiger partial charge on any atom is -0.281 e. The van der Waals surface area contributed by atoms with E-state index in [-0.39, 0.29) is 5.14 Å². The highest BCUT2D eigenvalue weighted by Crippen LogP contribution is 1.92. The van der Waals surface area contributed by atoms with E-state index in [2.05, 4.69) is 33.7 Å². The van der Waals surface area contributed by atoms with Gasteiger partial charge in [0.15, 0.2) is 5.14 Å². The highest BCUT2D eigenvalue weighted by molar-refractivity contribution is 9.09. The van der Waals surface area contributed by atoms with Crippen molar-refractivity contribution in [2.45, 2.75) is 18.5 Å². The van der Waals surface area contributed by atoms with Crippen molar-refractivity contribution in [2.75, 3.05) is 13.6 Å². The molecule has 0 aliphatic carbocycles. The second kappa shape index (κ2) is 6.48. The monoisotopic (exact) mass is 196 g/mol. The fourth-order valence-corrected chi connectivity index (χ4v) is 0.819. The van der Waals surface area contributed by atoms with Crippen LogP contribution in [0.15, 0.2) is 0 Å². The quantitative estimate of drug-likeness (QED) is 0.296. The van der Waals surface area contributed by atoms with Crippen molar-refractivity contribution >= 4 is 15.9 Å². The molecule has 56 valence electrons. The first-order valence-corrected chi connectivity index (χ1v) is 3.92. The summed E-state index contributed by atoms with van der Waals surface area (Å²) in [6, 6.07) is 0. The van der Waals surface area contributed by atoms with E-state index in [0.29, 0.717) is 0 Å². The standard InChI is InChI=1S/C5H13BrN2O/c1-3-4-8-5(6)9-7-2/h5,7-8H,3-4H2,1-2H3. The van der Waals surface area contributed by atoms with Crippen molar-refractivity contribution < 1.29 is 4.84 Å². The average molecular weight is 197 g/mol. The summed E-state index contributed by atoms with van der Waals surface area (Å²) in [4.78, 5) is 4.90. The Morgan fingerprint density at radius 1 is 1.67 bits per heavy atom. The van der Waals surface area contributed by atoms with Gasteiger partial charge in [0.25, 0.3) is 0 Å². The highest BCUT2D eigenvalue weighted by Gasteiger charge is 1.97. The molecule has 0 saturated heterocycles. The van der Waals surface area contributed by atoms with E-state index in [9.17, 15) is 0 Å². The van der Waals surface area contributed by atoms with Crippen LogP contribution < -0.4 is 10.8 Å². The normalized spacial score (nSPS) is 13.7. The average Bonchev–Trinajstić information content (AvgIpc) is 1.85. The maximum Gasteiger partial charge on any atom is 0.185 e. The molecule has 0 aromatic rings. The number of halogens is 1. The Kier molecular flexibility index (Phi) is 6.74. The van der Waals surface area contributed by atoms with Gasteiger partial charge in [0.05, 0.1) is 0 Å². The lowest BCUT2D eigenvalue weighted by molar-refractivity contribution is 0.0259. The van der Waals surface area contributed by atoms with E-state index in [1.165, 1.54) is 0 Å². The lowest BCUT2D eigenvalue weighted by atomic mass is 10.5. The Morgan fingerprint density at radius 2 is 2.33 bits per heavy atom. The number of alkyl halides is 1. The van der Waals surface area contributed by atoms with Crippen molar-refractivity contribution in [1.29, 1.82) is 0 Å². The van der Waals surface area contributed by atoms with Crippen LogP contribution >= 0.6 is 15.9 Å². The van der Waals surface area contributed by atoms with Crippen molar-refractivity contribution in [3.05, 3.63) is 0 Å². The molecule has 0 fully saturated rings. The zero-order valence-electron chi connectivity index (χ0n) is 5.78. The van der Waals surface area contributed by atoms with Crippen molar-refractivity contribution in [2.24, 2.45) is 0 Å². The van der Waals surface area contributed by atoms with Crippen LogP contribution in [0.25, 0.3) is 0 Å². The summed E-state index contributed by atoms with van der Waals surface area (Å²) in [5.74, 6) is 0. The van der Waals surface area contributed by atoms with Crippen LogP contribution in [-0.4, -0.2) is 18.7 Å². The lowest BCUT2D eigenvalue weighted by Gasteiger charge is -2.09. The summed E-state index contributed by atoms with van der Waals surface area (Å²) in [6.45, 7) is 3.06. The van der Waals surface area contributed by atoms with Gasteiger partial charge in [0.2, 0.25) is 0 Å². The van der Waals surface area contributed by atoms with Gasteiger partial charge >= 0.3 is 0 Å². The molecule has 0 radical (unpaired) electrons. The zero-order chi connectivity index (χ0) is 7.11. The second-order valence-electron chi connectivity index (χ2n) is 1.59. The van der Waals surface area contributed by atoms with Crippen molar-refractivity contribution in [3.63, 3.8) is 0 Å². The SMILES string of the molecule is CCCNC(Br)ONC. The summed E-state index contributed by atoms with van der Waals surface area (Å²) in [6.07, 6.45) is 1.11. The molecule has 0 aliphatic rings. The van der Waals surface area contributed by atoms with E-state index >= 15 is 0 Å². The molecule has 1 unspecified atom stereocenters. The number of rotatable bonds is 5. The Morgan fingerprint density at radius 3 is 2.78 bits per heavy atom. The van der Waals surface area contributed by atoms with E-state index in [0.717, 1.165) is 13.0 Å². The smallest absolute Gasteiger partial charge is 0.185 e. The Labute approximate surface area is 64.2 Å². The van der Waals surface area contributed by atoms with E-state index in [1.807, 2.05) is 0 Å². The van der Waals surface area contributed by atoms with Gasteiger partial charge in [-0.05, 0) is 28.9 Å². The van der Waals surface area contributed by atoms with Crippen molar-refractivity contribution in [3.8, 4) is 0 Å². The van der Waals surface area contributed by atoms with E-state index in [4.69, 9.17) is 4.84 Å². The van der Waals surface area contributed by atoms with E-state index in [1.54, 1.807) is 7.05 Å². The van der Waals surface area contributed by atoms with Crippen LogP contribution in [-0.2, 0) is 4.84 Å². The van der Waals surface area contributed by atoms with Crippen LogP contribution in [0.1, 0.15) is 13.3 Å². The molecule has 0 aliphatic heterocycles. The van der Waals surface area contributed by atoms with Crippen LogP contribution in [0.4, 0.5) is 0 Å². The van der Waals surface area contributed by atoms with Gasteiger partial charge in [-0.2, -0.15) is 0 Å². The minimum absolute atomic E-state index is 0.0811. The Hall–Kier alpha value is 0.360. The molecular formula is C5H13BrN2O. The Bertz CT molecular complexity index is 62.9. The van der Waals surface area contributed by atoms with Crippen LogP contribution in [0.3, 0.4) is 0 Å². The Balaban J connectivity index is 2.95. The third-order valence-corrected chi connectivity index (χ3v) is 1.29. The van der Waals surface area contributed by atoms with Gasteiger partial charge in [-0.3, -0.25) is 10.2 Å². The largest absolute Gasteiger partial charge is 0.281 e. The second-order valence-corrected chi connectivity index (χ2v) is 2.42. The van der Waals surface area contributed by atoms with Gasteiger partial charge in [-0.15, -0.1) is 0 Å². The van der Waals surface area contributed by atoms with Crippen molar-refractivity contribution in [1.82, 2.24) is 10.8 Å². The number of hydroxylamine groups is 1. The molecule has 0 aromatic heterocycles. The fraction of sp³-hybridized carbons (Fsp3) is 1.00. The first-order chi connectivity index (χ1) is 4.31. The fourth-order valence-electron chi connectivity index (χ4n) is 0.403. The first-order valence-electron chi connectivity index (χ1n) is 3.01. The molecule has 0 saturated carbocycles. The lowest BCUT2D eigenvalue weighted by Crippen LogP contribution is -2.30. The van der Waals surface area contributed by atoms with Crippen LogP contribution in [0.5, 0.6) is 0 Å². The first kappa shape index (κ1) is 9.36. The maximum absolute atomic E-state index is 4.90. The summed E-state index contributed by atoms with van der Waals surface area (Å²) in [7, 11) is 1.72. The third kappa shape index (κ3) is 6.24. The summed E-state index contributed by atoms with van der Waals surface area (Å²) in [5.41, 5.74) is 2.57. The molecular weight excluding hydrogens is 184 g/mol. The number of nitrogens with one attached hydrogen (secondary N) is 2. The van der Waals surface area contributed by atoms with Gasteiger partial charge < -0.3 is 0 Å². The molecule has 1 atom stereocenters. The molecule has 0 rings (SSSR count). The summed E-state index contributed by atoms with van der Waals surface area (Å²) in [5, 5.41) is 2.98. The molecule has 0 aromatic carbocycles. The minimum atomic E-state index is -0.0811. The predicted molar refractivity (Wildman–Crippen MR) is 41.2 cm³/mol. The molecule has 2 N–H and O–H groups in total.